The number of benzene rings is 1. The van der Waals surface area contributed by atoms with Gasteiger partial charge in [0.2, 0.25) is 0 Å². The van der Waals surface area contributed by atoms with E-state index in [4.69, 9.17) is 0 Å². The van der Waals surface area contributed by atoms with Gasteiger partial charge in [-0.1, -0.05) is 0 Å². The van der Waals surface area contributed by atoms with Crippen LogP contribution in [0.1, 0.15) is 5.56 Å². The van der Waals surface area contributed by atoms with Crippen molar-refractivity contribution in [2.75, 3.05) is 6.26 Å². The van der Waals surface area contributed by atoms with Gasteiger partial charge in [-0.05, 0) is 30.7 Å². The van der Waals surface area contributed by atoms with E-state index in [1.807, 2.05) is 0 Å². The van der Waals surface area contributed by atoms with Crippen LogP contribution in [0.15, 0.2) is 28.0 Å². The third-order valence-electron chi connectivity index (χ3n) is 1.56. The number of sulfone groups is 1. The van der Waals surface area contributed by atoms with Gasteiger partial charge in [0.05, 0.1) is 4.90 Å². The Morgan fingerprint density at radius 3 is 2.33 bits per heavy atom. The lowest BCUT2D eigenvalue weighted by atomic mass is 10.2. The molecule has 1 aromatic carbocycles. The standard InChI is InChI=1S/C8H10O2S2/c1-6-5-7(11)3-4-8(6)12(2,9)10/h3-5,11H,1-2H3. The smallest absolute Gasteiger partial charge is 0.175 e. The van der Waals surface area contributed by atoms with E-state index in [0.717, 1.165) is 10.5 Å². The van der Waals surface area contributed by atoms with E-state index in [0.29, 0.717) is 4.90 Å². The Bertz CT molecular complexity index is 394. The Hall–Kier alpha value is -0.480. The van der Waals surface area contributed by atoms with Crippen LogP contribution in [0.4, 0.5) is 0 Å². The minimum Gasteiger partial charge on any atom is -0.224 e. The molecule has 0 saturated carbocycles. The maximum Gasteiger partial charge on any atom is 0.175 e. The van der Waals surface area contributed by atoms with Crippen LogP contribution in [0.3, 0.4) is 0 Å². The van der Waals surface area contributed by atoms with Crippen molar-refractivity contribution in [3.05, 3.63) is 23.8 Å². The molecule has 0 atom stereocenters. The zero-order chi connectivity index (χ0) is 9.35. The maximum atomic E-state index is 11.1. The van der Waals surface area contributed by atoms with Gasteiger partial charge in [-0.3, -0.25) is 0 Å². The molecule has 0 N–H and O–H groups in total. The van der Waals surface area contributed by atoms with Crippen molar-refractivity contribution in [2.45, 2.75) is 16.7 Å². The van der Waals surface area contributed by atoms with Crippen molar-refractivity contribution in [3.8, 4) is 0 Å². The highest BCUT2D eigenvalue weighted by Crippen LogP contribution is 2.17. The summed E-state index contributed by atoms with van der Waals surface area (Å²) in [6.45, 7) is 1.76. The van der Waals surface area contributed by atoms with Crippen molar-refractivity contribution >= 4 is 22.5 Å². The van der Waals surface area contributed by atoms with E-state index in [1.54, 1.807) is 25.1 Å². The fourth-order valence-corrected chi connectivity index (χ4v) is 2.28. The summed E-state index contributed by atoms with van der Waals surface area (Å²) in [5.41, 5.74) is 0.741. The van der Waals surface area contributed by atoms with Crippen LogP contribution in [0, 0.1) is 6.92 Å². The second kappa shape index (κ2) is 3.11. The number of thiol groups is 1. The summed E-state index contributed by atoms with van der Waals surface area (Å²) in [5, 5.41) is 0. The first-order valence-electron chi connectivity index (χ1n) is 3.41. The second-order valence-electron chi connectivity index (χ2n) is 2.72. The van der Waals surface area contributed by atoms with Gasteiger partial charge in [0.1, 0.15) is 0 Å². The fraction of sp³-hybridized carbons (Fsp3) is 0.250. The van der Waals surface area contributed by atoms with Crippen molar-refractivity contribution in [1.29, 1.82) is 0 Å². The van der Waals surface area contributed by atoms with Crippen LogP contribution < -0.4 is 0 Å². The number of hydrogen-bond donors (Lipinski definition) is 1. The Morgan fingerprint density at radius 2 is 1.92 bits per heavy atom. The Morgan fingerprint density at radius 1 is 1.33 bits per heavy atom. The molecule has 0 bridgehead atoms. The molecular weight excluding hydrogens is 192 g/mol. The highest BCUT2D eigenvalue weighted by atomic mass is 32.2. The third kappa shape index (κ3) is 2.01. The molecule has 2 nitrogen and oxygen atoms in total. The molecule has 0 fully saturated rings. The molecule has 0 radical (unpaired) electrons. The predicted octanol–water partition coefficient (Wildman–Crippen LogP) is 1.69. The molecule has 0 saturated heterocycles. The molecular formula is C8H10O2S2. The molecule has 12 heavy (non-hydrogen) atoms. The number of hydrogen-bond acceptors (Lipinski definition) is 3. The molecule has 0 aliphatic rings. The molecule has 0 amide bonds. The average Bonchev–Trinajstić information content (AvgIpc) is 1.83. The Kier molecular flexibility index (Phi) is 2.49. The summed E-state index contributed by atoms with van der Waals surface area (Å²) < 4.78 is 22.3. The van der Waals surface area contributed by atoms with E-state index in [1.165, 1.54) is 6.26 Å². The maximum absolute atomic E-state index is 11.1. The lowest BCUT2D eigenvalue weighted by molar-refractivity contribution is 0.601. The Labute approximate surface area is 77.9 Å². The minimum absolute atomic E-state index is 0.375. The minimum atomic E-state index is -3.08. The zero-order valence-corrected chi connectivity index (χ0v) is 8.61. The first kappa shape index (κ1) is 9.61. The highest BCUT2D eigenvalue weighted by molar-refractivity contribution is 7.90. The first-order valence-corrected chi connectivity index (χ1v) is 5.75. The van der Waals surface area contributed by atoms with Crippen LogP contribution in [-0.2, 0) is 9.84 Å². The summed E-state index contributed by atoms with van der Waals surface area (Å²) in [6.07, 6.45) is 1.20. The topological polar surface area (TPSA) is 34.1 Å². The summed E-state index contributed by atoms with van der Waals surface area (Å²) in [4.78, 5) is 1.15. The summed E-state index contributed by atoms with van der Waals surface area (Å²) >= 11 is 4.10. The number of aryl methyl sites for hydroxylation is 1. The van der Waals surface area contributed by atoms with Crippen LogP contribution in [0.2, 0.25) is 0 Å². The third-order valence-corrected chi connectivity index (χ3v) is 3.09. The van der Waals surface area contributed by atoms with E-state index in [-0.39, 0.29) is 0 Å². The SMILES string of the molecule is Cc1cc(S)ccc1S(C)(=O)=O. The highest BCUT2D eigenvalue weighted by Gasteiger charge is 2.09. The lowest BCUT2D eigenvalue weighted by Crippen LogP contribution is -1.99. The molecule has 0 aromatic heterocycles. The fourth-order valence-electron chi connectivity index (χ4n) is 1.05. The molecule has 1 rings (SSSR count). The number of rotatable bonds is 1. The van der Waals surface area contributed by atoms with Gasteiger partial charge in [-0.25, -0.2) is 8.42 Å². The van der Waals surface area contributed by atoms with Gasteiger partial charge in [-0.15, -0.1) is 12.6 Å². The average molecular weight is 202 g/mol. The Balaban J connectivity index is 3.39. The lowest BCUT2D eigenvalue weighted by Gasteiger charge is -2.02. The van der Waals surface area contributed by atoms with Gasteiger partial charge in [0.25, 0.3) is 0 Å². The van der Waals surface area contributed by atoms with Crippen molar-refractivity contribution < 1.29 is 8.42 Å². The summed E-state index contributed by atoms with van der Waals surface area (Å²) in [5.74, 6) is 0. The van der Waals surface area contributed by atoms with E-state index < -0.39 is 9.84 Å². The summed E-state index contributed by atoms with van der Waals surface area (Å²) in [6, 6.07) is 4.99. The molecule has 1 aromatic rings. The molecule has 0 aliphatic carbocycles. The van der Waals surface area contributed by atoms with Crippen LogP contribution in [0.25, 0.3) is 0 Å². The first-order chi connectivity index (χ1) is 5.41. The molecule has 0 spiro atoms. The van der Waals surface area contributed by atoms with Crippen molar-refractivity contribution in [2.24, 2.45) is 0 Å². The van der Waals surface area contributed by atoms with Crippen LogP contribution in [0.5, 0.6) is 0 Å². The normalized spacial score (nSPS) is 11.6. The second-order valence-corrected chi connectivity index (χ2v) is 5.22. The van der Waals surface area contributed by atoms with Gasteiger partial charge in [-0.2, -0.15) is 0 Å². The van der Waals surface area contributed by atoms with E-state index in [9.17, 15) is 8.42 Å². The quantitative estimate of drug-likeness (QED) is 0.703. The predicted molar refractivity (Wildman–Crippen MR) is 51.5 cm³/mol. The van der Waals surface area contributed by atoms with Gasteiger partial charge < -0.3 is 0 Å². The van der Waals surface area contributed by atoms with Gasteiger partial charge >= 0.3 is 0 Å². The van der Waals surface area contributed by atoms with E-state index >= 15 is 0 Å². The molecule has 66 valence electrons. The van der Waals surface area contributed by atoms with Crippen LogP contribution in [-0.4, -0.2) is 14.7 Å². The molecule has 0 unspecified atom stereocenters. The molecule has 0 aliphatic heterocycles. The molecule has 4 heteroatoms. The van der Waals surface area contributed by atoms with Crippen molar-refractivity contribution in [3.63, 3.8) is 0 Å². The molecule has 0 heterocycles. The van der Waals surface area contributed by atoms with Gasteiger partial charge in [0.15, 0.2) is 9.84 Å². The van der Waals surface area contributed by atoms with Crippen LogP contribution >= 0.6 is 12.6 Å². The monoisotopic (exact) mass is 202 g/mol. The van der Waals surface area contributed by atoms with E-state index in [2.05, 4.69) is 12.6 Å². The summed E-state index contributed by atoms with van der Waals surface area (Å²) in [7, 11) is -3.08. The zero-order valence-electron chi connectivity index (χ0n) is 6.90. The largest absolute Gasteiger partial charge is 0.224 e. The van der Waals surface area contributed by atoms with Gasteiger partial charge in [0, 0.05) is 11.2 Å². The van der Waals surface area contributed by atoms with Crippen molar-refractivity contribution in [1.82, 2.24) is 0 Å².